The first kappa shape index (κ1) is 52.0. The fourth-order valence-corrected chi connectivity index (χ4v) is 9.37. The Bertz CT molecular complexity index is 2070. The molecule has 8 nitrogen and oxygen atoms in total. The molecule has 1 unspecified atom stereocenters. The summed E-state index contributed by atoms with van der Waals surface area (Å²) >= 11 is 0. The Balaban J connectivity index is 0.000000363. The lowest BCUT2D eigenvalue weighted by Crippen LogP contribution is -2.48. The van der Waals surface area contributed by atoms with Crippen LogP contribution in [0, 0.1) is 13.8 Å². The number of aryl methyl sites for hydroxylation is 2. The van der Waals surface area contributed by atoms with Gasteiger partial charge in [0.2, 0.25) is 0 Å². The van der Waals surface area contributed by atoms with Crippen molar-refractivity contribution in [3.05, 3.63) is 113 Å². The van der Waals surface area contributed by atoms with E-state index in [9.17, 15) is 25.9 Å². The number of unbranched alkanes of at least 4 members (excludes halogenated alkanes) is 8. The Morgan fingerprint density at radius 2 is 0.967 bits per heavy atom. The molecule has 4 aromatic rings. The molecule has 5 rings (SSSR count). The fourth-order valence-electron chi connectivity index (χ4n) is 8.43. The summed E-state index contributed by atoms with van der Waals surface area (Å²) in [6.07, 6.45) is 21.1. The van der Waals surface area contributed by atoms with Crippen LogP contribution >= 0.6 is 0 Å². The van der Waals surface area contributed by atoms with Crippen molar-refractivity contribution in [2.45, 2.75) is 141 Å². The van der Waals surface area contributed by atoms with Crippen molar-refractivity contribution in [1.29, 1.82) is 0 Å². The Hall–Kier alpha value is -3.38. The molecule has 0 saturated carbocycles. The third kappa shape index (κ3) is 17.4. The Morgan fingerprint density at radius 3 is 1.38 bits per heavy atom. The summed E-state index contributed by atoms with van der Waals surface area (Å²) < 4.78 is 64.7. The molecule has 0 bridgehead atoms. The van der Waals surface area contributed by atoms with Crippen molar-refractivity contribution in [2.75, 3.05) is 46.8 Å². The smallest absolute Gasteiger partial charge is 0.124 e. The van der Waals surface area contributed by atoms with Gasteiger partial charge in [-0.15, -0.1) is 0 Å². The van der Waals surface area contributed by atoms with Gasteiger partial charge in [-0.25, -0.2) is 16.8 Å². The van der Waals surface area contributed by atoms with Gasteiger partial charge in [0.1, 0.15) is 26.8 Å². The van der Waals surface area contributed by atoms with Crippen molar-refractivity contribution < 1.29 is 34.9 Å². The number of hydrogen-bond acceptors (Lipinski definition) is 6. The maximum Gasteiger partial charge on any atom is 0.124 e. The van der Waals surface area contributed by atoms with Crippen molar-refractivity contribution in [1.82, 2.24) is 0 Å². The molecule has 10 heteroatoms. The van der Waals surface area contributed by atoms with Crippen LogP contribution in [0.5, 0.6) is 0 Å². The average Bonchev–Trinajstić information content (AvgIpc) is 3.20. The number of nitrogens with zero attached hydrogens (tertiary/aromatic N) is 2. The molecular weight excluding hydrogens is 801 g/mol. The molecule has 1 aliphatic rings. The zero-order valence-electron chi connectivity index (χ0n) is 38.6. The lowest BCUT2D eigenvalue weighted by molar-refractivity contribution is -0.923. The van der Waals surface area contributed by atoms with E-state index in [1.807, 2.05) is 13.8 Å². The molecule has 4 aromatic carbocycles. The second kappa shape index (κ2) is 25.1. The largest absolute Gasteiger partial charge is 0.744 e. The molecule has 0 aromatic heterocycles. The summed E-state index contributed by atoms with van der Waals surface area (Å²) in [7, 11) is -3.47. The van der Waals surface area contributed by atoms with Crippen LogP contribution in [-0.2, 0) is 26.8 Å². The van der Waals surface area contributed by atoms with Crippen LogP contribution in [0.25, 0.3) is 16.8 Å². The van der Waals surface area contributed by atoms with Gasteiger partial charge in [-0.2, -0.15) is 0 Å². The van der Waals surface area contributed by atoms with Gasteiger partial charge in [0.15, 0.2) is 0 Å². The van der Waals surface area contributed by atoms with Crippen molar-refractivity contribution in [2.24, 2.45) is 0 Å². The molecule has 1 aliphatic carbocycles. The lowest BCUT2D eigenvalue weighted by Gasteiger charge is -2.39. The SMILES string of the molecule is CCCCC[N+](C)(CCCCC)Cc1ccc2cccc3c2c1C=CC3C[N+](C)(CCCCC)CCCCC.Cc1ccc(S(=O)(=O)[O-])cc1.Cc1ccc(S(=O)(=O)[O-])cc1. The van der Waals surface area contributed by atoms with Gasteiger partial charge in [-0.1, -0.05) is 131 Å². The predicted octanol–water partition coefficient (Wildman–Crippen LogP) is 11.9. The molecule has 1 atom stereocenters. The van der Waals surface area contributed by atoms with Crippen molar-refractivity contribution in [3.63, 3.8) is 0 Å². The minimum absolute atomic E-state index is 0.178. The summed E-state index contributed by atoms with van der Waals surface area (Å²) in [4.78, 5) is -0.355. The normalized spacial score (nSPS) is 14.0. The number of benzene rings is 4. The van der Waals surface area contributed by atoms with Crippen LogP contribution in [0.3, 0.4) is 0 Å². The second-order valence-corrected chi connectivity index (χ2v) is 20.6. The molecule has 0 saturated heterocycles. The van der Waals surface area contributed by atoms with E-state index >= 15 is 0 Å². The Morgan fingerprint density at radius 1 is 0.541 bits per heavy atom. The van der Waals surface area contributed by atoms with Crippen molar-refractivity contribution >= 4 is 37.1 Å². The molecule has 61 heavy (non-hydrogen) atoms. The van der Waals surface area contributed by atoms with Crippen molar-refractivity contribution in [3.8, 4) is 0 Å². The highest BCUT2D eigenvalue weighted by Gasteiger charge is 2.30. The summed E-state index contributed by atoms with van der Waals surface area (Å²) in [5.41, 5.74) is 6.51. The van der Waals surface area contributed by atoms with E-state index in [-0.39, 0.29) is 9.79 Å². The molecule has 0 aliphatic heterocycles. The van der Waals surface area contributed by atoms with E-state index in [1.54, 1.807) is 40.8 Å². The molecule has 0 fully saturated rings. The molecule has 0 spiro atoms. The topological polar surface area (TPSA) is 114 Å². The van der Waals surface area contributed by atoms with Crippen LogP contribution < -0.4 is 0 Å². The summed E-state index contributed by atoms with van der Waals surface area (Å²) in [5, 5.41) is 2.97. The van der Waals surface area contributed by atoms with E-state index in [2.05, 4.69) is 84.3 Å². The first-order chi connectivity index (χ1) is 28.9. The summed E-state index contributed by atoms with van der Waals surface area (Å²) in [6.45, 7) is 20.6. The van der Waals surface area contributed by atoms with Crippen LogP contribution in [-0.4, -0.2) is 81.7 Å². The minimum Gasteiger partial charge on any atom is -0.744 e. The molecule has 0 radical (unpaired) electrons. The third-order valence-electron chi connectivity index (χ3n) is 12.1. The first-order valence-corrected chi connectivity index (χ1v) is 25.6. The minimum atomic E-state index is -4.27. The monoisotopic (exact) mass is 877 g/mol. The van der Waals surface area contributed by atoms with Gasteiger partial charge >= 0.3 is 0 Å². The zero-order valence-corrected chi connectivity index (χ0v) is 40.3. The van der Waals surface area contributed by atoms with Gasteiger partial charge < -0.3 is 18.1 Å². The number of hydrogen-bond donors (Lipinski definition) is 0. The highest BCUT2D eigenvalue weighted by atomic mass is 32.2. The van der Waals surface area contributed by atoms with Gasteiger partial charge in [-0.05, 0) is 111 Å². The first-order valence-electron chi connectivity index (χ1n) is 22.8. The van der Waals surface area contributed by atoms with E-state index in [0.717, 1.165) is 17.7 Å². The molecular formula is C51H76N2O6S2. The standard InChI is InChI=1S/C37H62N2.2C7H8O3S/c1-7-11-15-26-38(5,27-16-12-8-2)30-33-23-22-32-20-19-21-35-34(24-25-36(33)37(32)35)31-39(6,28-17-13-9-3)29-18-14-10-4;2*1-6-2-4-7(5-3-6)11(8,9)10/h19-25,34H,7-18,26-31H2,1-6H3;2*2-5H,1H3,(H,8,9,10)/q+2;;/p-2. The van der Waals surface area contributed by atoms with Crippen LogP contribution in [0.15, 0.2) is 94.7 Å². The maximum absolute atomic E-state index is 10.4. The number of likely N-dealkylation sites (N-methyl/N-ethyl adjacent to an activating group) is 1. The van der Waals surface area contributed by atoms with Crippen LogP contribution in [0.4, 0.5) is 0 Å². The highest BCUT2D eigenvalue weighted by molar-refractivity contribution is 7.86. The zero-order chi connectivity index (χ0) is 45.1. The lowest BCUT2D eigenvalue weighted by atomic mass is 9.83. The number of quaternary nitrogens is 2. The van der Waals surface area contributed by atoms with Gasteiger partial charge in [0.05, 0.1) is 62.5 Å². The molecule has 0 heterocycles. The summed E-state index contributed by atoms with van der Waals surface area (Å²) in [6, 6.07) is 23.5. The van der Waals surface area contributed by atoms with Crippen LogP contribution in [0.2, 0.25) is 0 Å². The van der Waals surface area contributed by atoms with E-state index in [1.165, 1.54) is 154 Å². The third-order valence-corrected chi connectivity index (χ3v) is 13.8. The summed E-state index contributed by atoms with van der Waals surface area (Å²) in [5.74, 6) is 0.514. The quantitative estimate of drug-likeness (QED) is 0.0441. The van der Waals surface area contributed by atoms with E-state index < -0.39 is 20.2 Å². The maximum atomic E-state index is 10.4. The Kier molecular flexibility index (Phi) is 21.3. The molecule has 0 N–H and O–H groups in total. The molecule has 338 valence electrons. The van der Waals surface area contributed by atoms with E-state index in [4.69, 9.17) is 0 Å². The average molecular weight is 877 g/mol. The molecule has 0 amide bonds. The second-order valence-electron chi connectivity index (χ2n) is 17.9. The van der Waals surface area contributed by atoms with Gasteiger partial charge in [0, 0.05) is 5.56 Å². The van der Waals surface area contributed by atoms with Crippen LogP contribution in [0.1, 0.15) is 138 Å². The fraction of sp³-hybridized carbons (Fsp3) is 0.529. The Labute approximate surface area is 370 Å². The van der Waals surface area contributed by atoms with E-state index in [0.29, 0.717) is 5.92 Å². The van der Waals surface area contributed by atoms with Gasteiger partial charge in [0.25, 0.3) is 0 Å². The predicted molar refractivity (Wildman–Crippen MR) is 253 cm³/mol. The highest BCUT2D eigenvalue weighted by Crippen LogP contribution is 2.39. The van der Waals surface area contributed by atoms with Gasteiger partial charge in [-0.3, -0.25) is 0 Å². The number of rotatable bonds is 22.